The molecule has 0 aromatic heterocycles. The van der Waals surface area contributed by atoms with E-state index in [0.717, 1.165) is 40.1 Å². The van der Waals surface area contributed by atoms with Crippen LogP contribution in [0.4, 0.5) is 5.69 Å². The summed E-state index contributed by atoms with van der Waals surface area (Å²) in [7, 11) is 0. The Kier molecular flexibility index (Phi) is 3.93. The van der Waals surface area contributed by atoms with Crippen molar-refractivity contribution in [1.29, 1.82) is 0 Å². The predicted octanol–water partition coefficient (Wildman–Crippen LogP) is 5.33. The van der Waals surface area contributed by atoms with Crippen molar-refractivity contribution in [3.63, 3.8) is 0 Å². The summed E-state index contributed by atoms with van der Waals surface area (Å²) in [6.07, 6.45) is 1.59. The lowest BCUT2D eigenvalue weighted by Crippen LogP contribution is -2.38. The van der Waals surface area contributed by atoms with Crippen molar-refractivity contribution in [3.8, 4) is 11.5 Å². The van der Waals surface area contributed by atoms with E-state index in [0.29, 0.717) is 0 Å². The molecule has 2 aromatic rings. The van der Waals surface area contributed by atoms with Crippen LogP contribution < -0.4 is 14.8 Å². The van der Waals surface area contributed by atoms with Crippen molar-refractivity contribution in [3.05, 3.63) is 52.0 Å². The fraction of sp³-hybridized carbons (Fsp3) is 0.368. The van der Waals surface area contributed by atoms with Gasteiger partial charge >= 0.3 is 0 Å². The smallest absolute Gasteiger partial charge is 0.231 e. The first-order chi connectivity index (χ1) is 11.7. The second kappa shape index (κ2) is 5.97. The molecule has 0 unspecified atom stereocenters. The Morgan fingerprint density at radius 2 is 1.83 bits per heavy atom. The van der Waals surface area contributed by atoms with Crippen LogP contribution in [0.15, 0.2) is 40.9 Å². The first-order valence-corrected chi connectivity index (χ1v) is 9.09. The van der Waals surface area contributed by atoms with Gasteiger partial charge in [0.25, 0.3) is 0 Å². The maximum Gasteiger partial charge on any atom is 0.231 e. The van der Waals surface area contributed by atoms with Crippen LogP contribution in [0.3, 0.4) is 0 Å². The molecule has 2 aliphatic heterocycles. The van der Waals surface area contributed by atoms with Gasteiger partial charge in [-0.3, -0.25) is 0 Å². The highest BCUT2D eigenvalue weighted by Crippen LogP contribution is 2.48. The van der Waals surface area contributed by atoms with Gasteiger partial charge in [-0.15, -0.1) is 0 Å². The molecule has 5 heteroatoms. The van der Waals surface area contributed by atoms with E-state index in [2.05, 4.69) is 59.4 Å². The molecule has 2 heterocycles. The first-order valence-electron chi connectivity index (χ1n) is 8.30. The van der Waals surface area contributed by atoms with Crippen LogP contribution in [0.1, 0.15) is 44.0 Å². The minimum Gasteiger partial charge on any atom is -0.454 e. The molecule has 0 spiro atoms. The summed E-state index contributed by atoms with van der Waals surface area (Å²) in [6.45, 7) is 4.62. The van der Waals surface area contributed by atoms with E-state index in [1.54, 1.807) is 0 Å². The maximum absolute atomic E-state index is 6.59. The van der Waals surface area contributed by atoms with Gasteiger partial charge in [-0.1, -0.05) is 48.0 Å². The number of hydrogen-bond donors (Lipinski definition) is 1. The number of anilines is 1. The molecular formula is C19H20BrNO3. The second-order valence-electron chi connectivity index (χ2n) is 6.12. The summed E-state index contributed by atoms with van der Waals surface area (Å²) in [6, 6.07) is 12.3. The predicted molar refractivity (Wildman–Crippen MR) is 96.4 cm³/mol. The third-order valence-electron chi connectivity index (χ3n) is 4.96. The average molecular weight is 390 g/mol. The summed E-state index contributed by atoms with van der Waals surface area (Å²) in [5.41, 5.74) is 3.08. The highest BCUT2D eigenvalue weighted by atomic mass is 79.9. The van der Waals surface area contributed by atoms with E-state index < -0.39 is 0 Å². The lowest BCUT2D eigenvalue weighted by atomic mass is 9.85. The van der Waals surface area contributed by atoms with E-state index in [4.69, 9.17) is 14.2 Å². The zero-order valence-electron chi connectivity index (χ0n) is 13.8. The van der Waals surface area contributed by atoms with E-state index in [1.165, 1.54) is 5.56 Å². The first kappa shape index (κ1) is 15.8. The summed E-state index contributed by atoms with van der Waals surface area (Å²) in [5, 5.41) is 3.52. The zero-order valence-corrected chi connectivity index (χ0v) is 15.4. The topological polar surface area (TPSA) is 39.7 Å². The van der Waals surface area contributed by atoms with Gasteiger partial charge in [0.2, 0.25) is 6.79 Å². The minimum atomic E-state index is -0.289. The van der Waals surface area contributed by atoms with Gasteiger partial charge in [0.15, 0.2) is 17.7 Å². The Morgan fingerprint density at radius 1 is 1.12 bits per heavy atom. The molecule has 0 bridgehead atoms. The molecule has 2 aromatic carbocycles. The van der Waals surface area contributed by atoms with Gasteiger partial charge in [0.05, 0.1) is 5.60 Å². The Bertz CT molecular complexity index is 773. The quantitative estimate of drug-likeness (QED) is 0.769. The summed E-state index contributed by atoms with van der Waals surface area (Å²) in [5.74, 6) is 1.52. The number of ether oxygens (including phenoxy) is 3. The van der Waals surface area contributed by atoms with Crippen LogP contribution in [0, 0.1) is 0 Å². The largest absolute Gasteiger partial charge is 0.454 e. The summed E-state index contributed by atoms with van der Waals surface area (Å²) >= 11 is 3.65. The van der Waals surface area contributed by atoms with Crippen molar-refractivity contribution < 1.29 is 14.2 Å². The Labute approximate surface area is 150 Å². The minimum absolute atomic E-state index is 0.247. The molecule has 126 valence electrons. The number of nitrogens with one attached hydrogen (secondary N) is 1. The van der Waals surface area contributed by atoms with Crippen LogP contribution in [0.2, 0.25) is 0 Å². The molecule has 0 amide bonds. The lowest BCUT2D eigenvalue weighted by molar-refractivity contribution is -0.104. The summed E-state index contributed by atoms with van der Waals surface area (Å²) in [4.78, 5) is 0. The van der Waals surface area contributed by atoms with Gasteiger partial charge < -0.3 is 19.5 Å². The van der Waals surface area contributed by atoms with Crippen molar-refractivity contribution >= 4 is 21.6 Å². The normalized spacial score (nSPS) is 20.4. The van der Waals surface area contributed by atoms with Gasteiger partial charge in [0.1, 0.15) is 0 Å². The van der Waals surface area contributed by atoms with E-state index >= 15 is 0 Å². The number of rotatable bonds is 3. The van der Waals surface area contributed by atoms with Crippen LogP contribution in [0.5, 0.6) is 11.5 Å². The number of para-hydroxylation sites is 1. The highest BCUT2D eigenvalue weighted by molar-refractivity contribution is 9.10. The molecule has 24 heavy (non-hydrogen) atoms. The summed E-state index contributed by atoms with van der Waals surface area (Å²) < 4.78 is 18.5. The third-order valence-corrected chi connectivity index (χ3v) is 5.65. The molecule has 1 N–H and O–H groups in total. The molecule has 0 saturated carbocycles. The Hall–Kier alpha value is -1.72. The lowest BCUT2D eigenvalue weighted by Gasteiger charge is -2.43. The molecule has 4 nitrogen and oxygen atoms in total. The number of benzene rings is 2. The number of halogens is 1. The molecular weight excluding hydrogens is 370 g/mol. The van der Waals surface area contributed by atoms with Crippen molar-refractivity contribution in [1.82, 2.24) is 0 Å². The van der Waals surface area contributed by atoms with Crippen molar-refractivity contribution in [2.24, 2.45) is 0 Å². The van der Waals surface area contributed by atoms with Crippen molar-refractivity contribution in [2.45, 2.75) is 38.5 Å². The van der Waals surface area contributed by atoms with Gasteiger partial charge in [0, 0.05) is 21.3 Å². The van der Waals surface area contributed by atoms with Gasteiger partial charge in [-0.05, 0) is 31.0 Å². The van der Waals surface area contributed by atoms with Crippen molar-refractivity contribution in [2.75, 3.05) is 12.1 Å². The fourth-order valence-corrected chi connectivity index (χ4v) is 4.07. The molecule has 0 saturated heterocycles. The molecule has 1 atom stereocenters. The maximum atomic E-state index is 6.59. The molecule has 2 aliphatic rings. The van der Waals surface area contributed by atoms with E-state index in [1.807, 2.05) is 12.1 Å². The van der Waals surface area contributed by atoms with Crippen LogP contribution >= 0.6 is 15.9 Å². The van der Waals surface area contributed by atoms with Crippen LogP contribution in [-0.2, 0) is 10.3 Å². The molecule has 0 radical (unpaired) electrons. The second-order valence-corrected chi connectivity index (χ2v) is 6.97. The van der Waals surface area contributed by atoms with Gasteiger partial charge in [-0.2, -0.15) is 0 Å². The Morgan fingerprint density at radius 3 is 2.58 bits per heavy atom. The SMILES string of the molecule is CCC1(CC)O[C@@H](c2cc3c(cc2Br)OCO3)Nc2ccccc21. The number of hydrogen-bond acceptors (Lipinski definition) is 4. The van der Waals surface area contributed by atoms with Crippen LogP contribution in [0.25, 0.3) is 0 Å². The monoisotopic (exact) mass is 389 g/mol. The highest BCUT2D eigenvalue weighted by Gasteiger charge is 2.39. The molecule has 0 aliphatic carbocycles. The molecule has 0 fully saturated rings. The van der Waals surface area contributed by atoms with Gasteiger partial charge in [-0.25, -0.2) is 0 Å². The Balaban J connectivity index is 1.79. The zero-order chi connectivity index (χ0) is 16.7. The van der Waals surface area contributed by atoms with E-state index in [-0.39, 0.29) is 18.6 Å². The van der Waals surface area contributed by atoms with E-state index in [9.17, 15) is 0 Å². The average Bonchev–Trinajstić information content (AvgIpc) is 3.07. The third kappa shape index (κ3) is 2.38. The fourth-order valence-electron chi connectivity index (χ4n) is 3.54. The number of fused-ring (bicyclic) bond motifs is 2. The molecule has 4 rings (SSSR count). The standard InChI is InChI=1S/C19H20BrNO3/c1-3-19(4-2)13-7-5-6-8-15(13)21-18(24-19)12-9-16-17(10-14(12)20)23-11-22-16/h5-10,18,21H,3-4,11H2,1-2H3/t18-/m0/s1. The van der Waals surface area contributed by atoms with Crippen LogP contribution in [-0.4, -0.2) is 6.79 Å².